The van der Waals surface area contributed by atoms with Crippen molar-refractivity contribution in [3.05, 3.63) is 70.8 Å². The van der Waals surface area contributed by atoms with Crippen molar-refractivity contribution in [3.63, 3.8) is 0 Å². The lowest BCUT2D eigenvalue weighted by atomic mass is 9.90. The molecule has 2 aliphatic rings. The molecule has 0 spiro atoms. The molecule has 130 valence electrons. The molecule has 2 nitrogen and oxygen atoms in total. The summed E-state index contributed by atoms with van der Waals surface area (Å²) < 4.78 is 0. The van der Waals surface area contributed by atoms with Gasteiger partial charge in [-0.25, -0.2) is 0 Å². The zero-order valence-corrected chi connectivity index (χ0v) is 15.0. The summed E-state index contributed by atoms with van der Waals surface area (Å²) >= 11 is 0. The van der Waals surface area contributed by atoms with E-state index in [-0.39, 0.29) is 0 Å². The van der Waals surface area contributed by atoms with E-state index in [1.165, 1.54) is 48.1 Å². The van der Waals surface area contributed by atoms with Crippen molar-refractivity contribution in [3.8, 4) is 5.75 Å². The number of hydrogen-bond donors (Lipinski definition) is 1. The quantitative estimate of drug-likeness (QED) is 0.843. The molecular weight excluding hydrogens is 306 g/mol. The second-order valence-electron chi connectivity index (χ2n) is 7.68. The minimum Gasteiger partial charge on any atom is -0.508 e. The van der Waals surface area contributed by atoms with E-state index in [0.717, 1.165) is 30.9 Å². The van der Waals surface area contributed by atoms with Crippen LogP contribution in [0.4, 0.5) is 0 Å². The topological polar surface area (TPSA) is 23.5 Å². The lowest BCUT2D eigenvalue weighted by Gasteiger charge is -2.22. The second-order valence-corrected chi connectivity index (χ2v) is 7.68. The Bertz CT molecular complexity index is 788. The number of nitrogens with zero attached hydrogens (tertiary/aromatic N) is 1. The largest absolute Gasteiger partial charge is 0.508 e. The first kappa shape index (κ1) is 16.4. The fraction of sp³-hybridized carbons (Fsp3) is 0.391. The van der Waals surface area contributed by atoms with E-state index >= 15 is 0 Å². The Labute approximate surface area is 150 Å². The predicted octanol–water partition coefficient (Wildman–Crippen LogP) is 4.87. The van der Waals surface area contributed by atoms with Gasteiger partial charge >= 0.3 is 0 Å². The molecule has 1 N–H and O–H groups in total. The van der Waals surface area contributed by atoms with Crippen LogP contribution >= 0.6 is 0 Å². The minimum atomic E-state index is 0.345. The van der Waals surface area contributed by atoms with E-state index in [0.29, 0.717) is 5.75 Å². The van der Waals surface area contributed by atoms with Gasteiger partial charge in [0.05, 0.1) is 0 Å². The average molecular weight is 333 g/mol. The molecule has 0 aliphatic heterocycles. The number of phenols is 1. The highest BCUT2D eigenvalue weighted by atomic mass is 16.3. The summed E-state index contributed by atoms with van der Waals surface area (Å²) in [6, 6.07) is 16.6. The molecule has 0 bridgehead atoms. The van der Waals surface area contributed by atoms with Crippen molar-refractivity contribution in [2.45, 2.75) is 32.1 Å². The lowest BCUT2D eigenvalue weighted by Crippen LogP contribution is -2.24. The van der Waals surface area contributed by atoms with Gasteiger partial charge in [0.15, 0.2) is 0 Å². The highest BCUT2D eigenvalue weighted by molar-refractivity contribution is 5.84. The number of benzene rings is 2. The summed E-state index contributed by atoms with van der Waals surface area (Å²) in [5.74, 6) is 1.25. The molecule has 4 rings (SSSR count). The lowest BCUT2D eigenvalue weighted by molar-refractivity contribution is 0.343. The Morgan fingerprint density at radius 3 is 2.68 bits per heavy atom. The first-order valence-corrected chi connectivity index (χ1v) is 9.49. The summed E-state index contributed by atoms with van der Waals surface area (Å²) in [6.07, 6.45) is 6.26. The maximum atomic E-state index is 10.0. The smallest absolute Gasteiger partial charge is 0.116 e. The SMILES string of the molecule is CN(CC1=C(c2cccc(O)c2)c2ccccc2CCC1)CC1CC1. The van der Waals surface area contributed by atoms with Crippen molar-refractivity contribution < 1.29 is 5.11 Å². The maximum absolute atomic E-state index is 10.0. The number of aromatic hydroxyl groups is 1. The number of fused-ring (bicyclic) bond motifs is 1. The normalized spacial score (nSPS) is 17.5. The Morgan fingerprint density at radius 2 is 1.88 bits per heavy atom. The maximum Gasteiger partial charge on any atom is 0.116 e. The molecule has 25 heavy (non-hydrogen) atoms. The van der Waals surface area contributed by atoms with Gasteiger partial charge in [-0.1, -0.05) is 36.4 Å². The van der Waals surface area contributed by atoms with Crippen molar-refractivity contribution >= 4 is 5.57 Å². The van der Waals surface area contributed by atoms with Crippen molar-refractivity contribution in [1.82, 2.24) is 4.90 Å². The molecule has 1 fully saturated rings. The van der Waals surface area contributed by atoms with Gasteiger partial charge in [0.1, 0.15) is 5.75 Å². The molecule has 0 heterocycles. The Kier molecular flexibility index (Phi) is 4.63. The second kappa shape index (κ2) is 7.05. The first-order valence-electron chi connectivity index (χ1n) is 9.49. The molecule has 2 aromatic carbocycles. The van der Waals surface area contributed by atoms with Crippen molar-refractivity contribution in [1.29, 1.82) is 0 Å². The summed E-state index contributed by atoms with van der Waals surface area (Å²) in [4.78, 5) is 2.49. The molecule has 0 amide bonds. The Balaban J connectivity index is 1.78. The van der Waals surface area contributed by atoms with Crippen LogP contribution in [0.15, 0.2) is 54.1 Å². The summed E-state index contributed by atoms with van der Waals surface area (Å²) in [5, 5.41) is 10.0. The molecule has 0 radical (unpaired) electrons. The molecule has 0 atom stereocenters. The Hall–Kier alpha value is -2.06. The van der Waals surface area contributed by atoms with Crippen LogP contribution in [0.25, 0.3) is 5.57 Å². The van der Waals surface area contributed by atoms with E-state index in [4.69, 9.17) is 0 Å². The van der Waals surface area contributed by atoms with Gasteiger partial charge in [0.2, 0.25) is 0 Å². The van der Waals surface area contributed by atoms with Crippen LogP contribution in [-0.4, -0.2) is 30.1 Å². The molecule has 2 aromatic rings. The van der Waals surface area contributed by atoms with Crippen LogP contribution in [-0.2, 0) is 6.42 Å². The first-order chi connectivity index (χ1) is 12.2. The van der Waals surface area contributed by atoms with Gasteiger partial charge in [0.25, 0.3) is 0 Å². The molecule has 0 unspecified atom stereocenters. The van der Waals surface area contributed by atoms with E-state index in [9.17, 15) is 5.11 Å². The molecule has 2 heteroatoms. The number of likely N-dealkylation sites (N-methyl/N-ethyl adjacent to an activating group) is 1. The van der Waals surface area contributed by atoms with Crippen LogP contribution < -0.4 is 0 Å². The fourth-order valence-corrected chi connectivity index (χ4v) is 4.10. The van der Waals surface area contributed by atoms with Crippen LogP contribution in [0.2, 0.25) is 0 Å². The van der Waals surface area contributed by atoms with E-state index < -0.39 is 0 Å². The van der Waals surface area contributed by atoms with E-state index in [1.807, 2.05) is 12.1 Å². The molecule has 2 aliphatic carbocycles. The van der Waals surface area contributed by atoms with Crippen LogP contribution in [0.3, 0.4) is 0 Å². The van der Waals surface area contributed by atoms with Gasteiger partial charge in [0, 0.05) is 13.1 Å². The summed E-state index contributed by atoms with van der Waals surface area (Å²) in [7, 11) is 2.25. The minimum absolute atomic E-state index is 0.345. The third-order valence-electron chi connectivity index (χ3n) is 5.43. The number of phenolic OH excluding ortho intramolecular Hbond substituents is 1. The third kappa shape index (κ3) is 3.80. The van der Waals surface area contributed by atoms with E-state index in [2.05, 4.69) is 42.3 Å². The van der Waals surface area contributed by atoms with Crippen molar-refractivity contribution in [2.24, 2.45) is 5.92 Å². The fourth-order valence-electron chi connectivity index (χ4n) is 4.10. The predicted molar refractivity (Wildman–Crippen MR) is 104 cm³/mol. The number of aryl methyl sites for hydroxylation is 1. The zero-order valence-electron chi connectivity index (χ0n) is 15.0. The zero-order chi connectivity index (χ0) is 17.2. The van der Waals surface area contributed by atoms with Gasteiger partial charge in [-0.15, -0.1) is 0 Å². The monoisotopic (exact) mass is 333 g/mol. The van der Waals surface area contributed by atoms with E-state index in [1.54, 1.807) is 6.07 Å². The molecule has 0 aromatic heterocycles. The van der Waals surface area contributed by atoms with Crippen LogP contribution in [0.5, 0.6) is 5.75 Å². The van der Waals surface area contributed by atoms with Gasteiger partial charge in [-0.3, -0.25) is 0 Å². The molecular formula is C23H27NO. The van der Waals surface area contributed by atoms with Crippen LogP contribution in [0, 0.1) is 5.92 Å². The number of hydrogen-bond acceptors (Lipinski definition) is 2. The molecule has 1 saturated carbocycles. The van der Waals surface area contributed by atoms with Crippen molar-refractivity contribution in [2.75, 3.05) is 20.1 Å². The average Bonchev–Trinajstić information content (AvgIpc) is 3.41. The number of rotatable bonds is 5. The van der Waals surface area contributed by atoms with Crippen LogP contribution in [0.1, 0.15) is 42.4 Å². The highest BCUT2D eigenvalue weighted by Crippen LogP contribution is 2.37. The summed E-state index contributed by atoms with van der Waals surface area (Å²) in [6.45, 7) is 2.23. The Morgan fingerprint density at radius 1 is 1.04 bits per heavy atom. The standard InChI is InChI=1S/C23H27NO/c1-24(15-17-12-13-17)16-20-9-4-7-18-6-2-3-11-22(18)23(20)19-8-5-10-21(25)14-19/h2-3,5-6,8,10-11,14,17,25H,4,7,9,12-13,15-16H2,1H3. The molecule has 0 saturated heterocycles. The third-order valence-corrected chi connectivity index (χ3v) is 5.43. The van der Waals surface area contributed by atoms with Gasteiger partial charge in [-0.2, -0.15) is 0 Å². The highest BCUT2D eigenvalue weighted by Gasteiger charge is 2.24. The van der Waals surface area contributed by atoms with Gasteiger partial charge < -0.3 is 10.0 Å². The van der Waals surface area contributed by atoms with Gasteiger partial charge in [-0.05, 0) is 85.0 Å². The summed E-state index contributed by atoms with van der Waals surface area (Å²) in [5.41, 5.74) is 6.77.